The Labute approximate surface area is 115 Å². The molecular weight excluding hydrogens is 240 g/mol. The highest BCUT2D eigenvalue weighted by molar-refractivity contribution is 5.28. The summed E-state index contributed by atoms with van der Waals surface area (Å²) in [5, 5.41) is 0. The first-order valence-corrected chi connectivity index (χ1v) is 6.70. The van der Waals surface area contributed by atoms with Gasteiger partial charge in [-0.15, -0.1) is 0 Å². The van der Waals surface area contributed by atoms with E-state index in [0.29, 0.717) is 12.6 Å². The number of nitrogens with zero attached hydrogens (tertiary/aromatic N) is 1. The third-order valence-electron chi connectivity index (χ3n) is 4.29. The van der Waals surface area contributed by atoms with Gasteiger partial charge < -0.3 is 15.2 Å². The number of hydrogen-bond acceptors (Lipinski definition) is 4. The van der Waals surface area contributed by atoms with E-state index in [0.717, 1.165) is 25.1 Å². The maximum atomic E-state index is 5.97. The summed E-state index contributed by atoms with van der Waals surface area (Å²) in [5.74, 6) is 0.899. The summed E-state index contributed by atoms with van der Waals surface area (Å²) >= 11 is 0. The molecule has 0 heterocycles. The van der Waals surface area contributed by atoms with Gasteiger partial charge >= 0.3 is 0 Å². The van der Waals surface area contributed by atoms with Gasteiger partial charge in [0, 0.05) is 25.7 Å². The summed E-state index contributed by atoms with van der Waals surface area (Å²) in [7, 11) is 5.60. The van der Waals surface area contributed by atoms with Crippen molar-refractivity contribution in [3.05, 3.63) is 29.8 Å². The van der Waals surface area contributed by atoms with Crippen LogP contribution in [0.15, 0.2) is 24.3 Å². The molecule has 0 radical (unpaired) electrons. The average Bonchev–Trinajstić information content (AvgIpc) is 2.39. The van der Waals surface area contributed by atoms with Crippen LogP contribution in [0.3, 0.4) is 0 Å². The second-order valence-electron chi connectivity index (χ2n) is 5.40. The lowest BCUT2D eigenvalue weighted by Crippen LogP contribution is -2.62. The van der Waals surface area contributed by atoms with Crippen molar-refractivity contribution in [2.24, 2.45) is 5.73 Å². The zero-order valence-electron chi connectivity index (χ0n) is 12.1. The molecule has 1 aliphatic carbocycles. The van der Waals surface area contributed by atoms with E-state index in [2.05, 4.69) is 24.1 Å². The summed E-state index contributed by atoms with van der Waals surface area (Å²) in [6, 6.07) is 8.19. The standard InChI is InChI=1S/C15H24N2O2/c1-17(15(11-16)8-14(9-15)19-3)10-12-5-4-6-13(7-12)18-2/h4-7,14H,8-11,16H2,1-3H3. The molecule has 0 bridgehead atoms. The van der Waals surface area contributed by atoms with Crippen molar-refractivity contribution < 1.29 is 9.47 Å². The fourth-order valence-corrected chi connectivity index (χ4v) is 2.80. The van der Waals surface area contributed by atoms with Crippen molar-refractivity contribution >= 4 is 0 Å². The van der Waals surface area contributed by atoms with Crippen LogP contribution in [-0.2, 0) is 11.3 Å². The van der Waals surface area contributed by atoms with Crippen LogP contribution < -0.4 is 10.5 Å². The molecule has 0 saturated heterocycles. The van der Waals surface area contributed by atoms with E-state index in [1.165, 1.54) is 5.56 Å². The summed E-state index contributed by atoms with van der Waals surface area (Å²) in [4.78, 5) is 2.34. The Hall–Kier alpha value is -1.10. The van der Waals surface area contributed by atoms with E-state index < -0.39 is 0 Å². The van der Waals surface area contributed by atoms with Crippen LogP contribution in [-0.4, -0.2) is 44.4 Å². The number of rotatable bonds is 6. The molecule has 1 aromatic rings. The van der Waals surface area contributed by atoms with Crippen LogP contribution in [0.5, 0.6) is 5.75 Å². The summed E-state index contributed by atoms with van der Waals surface area (Å²) in [6.45, 7) is 1.55. The zero-order valence-corrected chi connectivity index (χ0v) is 12.1. The highest BCUT2D eigenvalue weighted by Gasteiger charge is 2.46. The van der Waals surface area contributed by atoms with Gasteiger partial charge in [0.2, 0.25) is 0 Å². The van der Waals surface area contributed by atoms with E-state index in [1.807, 2.05) is 12.1 Å². The number of hydrogen-bond donors (Lipinski definition) is 1. The SMILES string of the molecule is COc1cccc(CN(C)C2(CN)CC(OC)C2)c1. The van der Waals surface area contributed by atoms with E-state index >= 15 is 0 Å². The lowest BCUT2D eigenvalue weighted by Gasteiger charge is -2.52. The van der Waals surface area contributed by atoms with E-state index in [9.17, 15) is 0 Å². The second kappa shape index (κ2) is 5.90. The highest BCUT2D eigenvalue weighted by Crippen LogP contribution is 2.38. The van der Waals surface area contributed by atoms with Gasteiger partial charge in [-0.3, -0.25) is 4.90 Å². The normalized spacial score (nSPS) is 26.3. The van der Waals surface area contributed by atoms with Crippen LogP contribution in [0.25, 0.3) is 0 Å². The molecule has 19 heavy (non-hydrogen) atoms. The molecule has 1 aliphatic rings. The maximum absolute atomic E-state index is 5.97. The van der Waals surface area contributed by atoms with Gasteiger partial charge in [-0.25, -0.2) is 0 Å². The lowest BCUT2D eigenvalue weighted by atomic mass is 9.73. The molecule has 2 rings (SSSR count). The topological polar surface area (TPSA) is 47.7 Å². The minimum atomic E-state index is 0.0871. The number of ether oxygens (including phenoxy) is 2. The van der Waals surface area contributed by atoms with Crippen LogP contribution in [0.4, 0.5) is 0 Å². The highest BCUT2D eigenvalue weighted by atomic mass is 16.5. The van der Waals surface area contributed by atoms with Crippen LogP contribution >= 0.6 is 0 Å². The third kappa shape index (κ3) is 2.91. The fraction of sp³-hybridized carbons (Fsp3) is 0.600. The molecule has 0 amide bonds. The van der Waals surface area contributed by atoms with Crippen molar-refractivity contribution in [2.45, 2.75) is 31.0 Å². The summed E-state index contributed by atoms with van der Waals surface area (Å²) < 4.78 is 10.6. The van der Waals surface area contributed by atoms with E-state index in [4.69, 9.17) is 15.2 Å². The van der Waals surface area contributed by atoms with Gasteiger partial charge in [0.05, 0.1) is 13.2 Å². The molecule has 0 aliphatic heterocycles. The van der Waals surface area contributed by atoms with Crippen molar-refractivity contribution in [3.63, 3.8) is 0 Å². The minimum absolute atomic E-state index is 0.0871. The van der Waals surface area contributed by atoms with Crippen LogP contribution in [0, 0.1) is 0 Å². The molecule has 1 saturated carbocycles. The zero-order chi connectivity index (χ0) is 13.9. The number of nitrogens with two attached hydrogens (primary N) is 1. The molecule has 2 N–H and O–H groups in total. The van der Waals surface area contributed by atoms with Gasteiger partial charge in [0.25, 0.3) is 0 Å². The Morgan fingerprint density at radius 2 is 2.11 bits per heavy atom. The summed E-state index contributed by atoms with van der Waals surface area (Å²) in [5.41, 5.74) is 7.31. The first kappa shape index (κ1) is 14.3. The lowest BCUT2D eigenvalue weighted by molar-refractivity contribution is -0.0811. The molecule has 0 spiro atoms. The molecule has 106 valence electrons. The van der Waals surface area contributed by atoms with Crippen molar-refractivity contribution in [2.75, 3.05) is 27.8 Å². The monoisotopic (exact) mass is 264 g/mol. The predicted molar refractivity (Wildman–Crippen MR) is 76.3 cm³/mol. The summed E-state index contributed by atoms with van der Waals surface area (Å²) in [6.07, 6.45) is 2.39. The molecular formula is C15H24N2O2. The molecule has 1 fully saturated rings. The number of likely N-dealkylation sites (N-methyl/N-ethyl adjacent to an activating group) is 1. The second-order valence-corrected chi connectivity index (χ2v) is 5.40. The van der Waals surface area contributed by atoms with Crippen molar-refractivity contribution in [1.29, 1.82) is 0 Å². The first-order chi connectivity index (χ1) is 9.13. The van der Waals surface area contributed by atoms with Gasteiger partial charge in [0.1, 0.15) is 5.75 Å². The molecule has 0 aromatic heterocycles. The molecule has 1 aromatic carbocycles. The third-order valence-corrected chi connectivity index (χ3v) is 4.29. The Morgan fingerprint density at radius 3 is 2.68 bits per heavy atom. The average molecular weight is 264 g/mol. The molecule has 4 nitrogen and oxygen atoms in total. The van der Waals surface area contributed by atoms with Crippen molar-refractivity contribution in [1.82, 2.24) is 4.90 Å². The van der Waals surface area contributed by atoms with E-state index in [1.54, 1.807) is 14.2 Å². The maximum Gasteiger partial charge on any atom is 0.119 e. The van der Waals surface area contributed by atoms with Crippen molar-refractivity contribution in [3.8, 4) is 5.75 Å². The number of benzene rings is 1. The van der Waals surface area contributed by atoms with Gasteiger partial charge in [0.15, 0.2) is 0 Å². The molecule has 4 heteroatoms. The minimum Gasteiger partial charge on any atom is -0.497 e. The number of methoxy groups -OCH3 is 2. The first-order valence-electron chi connectivity index (χ1n) is 6.70. The van der Waals surface area contributed by atoms with Gasteiger partial charge in [-0.05, 0) is 37.6 Å². The smallest absolute Gasteiger partial charge is 0.119 e. The Bertz CT molecular complexity index is 416. The quantitative estimate of drug-likeness (QED) is 0.848. The Morgan fingerprint density at radius 1 is 1.37 bits per heavy atom. The largest absolute Gasteiger partial charge is 0.497 e. The van der Waals surface area contributed by atoms with Gasteiger partial charge in [-0.1, -0.05) is 12.1 Å². The Balaban J connectivity index is 2.01. The Kier molecular flexibility index (Phi) is 4.45. The van der Waals surface area contributed by atoms with Gasteiger partial charge in [-0.2, -0.15) is 0 Å². The van der Waals surface area contributed by atoms with E-state index in [-0.39, 0.29) is 5.54 Å². The van der Waals surface area contributed by atoms with Crippen LogP contribution in [0.1, 0.15) is 18.4 Å². The molecule has 0 atom stereocenters. The predicted octanol–water partition coefficient (Wildman–Crippen LogP) is 1.63. The fourth-order valence-electron chi connectivity index (χ4n) is 2.80. The van der Waals surface area contributed by atoms with Crippen LogP contribution in [0.2, 0.25) is 0 Å². The molecule has 0 unspecified atom stereocenters.